The van der Waals surface area contributed by atoms with E-state index in [0.29, 0.717) is 20.9 Å². The zero-order chi connectivity index (χ0) is 19.4. The van der Waals surface area contributed by atoms with Crippen LogP contribution in [0.1, 0.15) is 10.4 Å². The first-order chi connectivity index (χ1) is 12.9. The molecule has 138 valence electrons. The van der Waals surface area contributed by atoms with Gasteiger partial charge in [0.15, 0.2) is 11.7 Å². The molecule has 2 aromatic carbocycles. The molecule has 1 aromatic heterocycles. The van der Waals surface area contributed by atoms with Gasteiger partial charge in [-0.05, 0) is 42.5 Å². The lowest BCUT2D eigenvalue weighted by Gasteiger charge is -2.06. The van der Waals surface area contributed by atoms with Crippen LogP contribution in [0.15, 0.2) is 52.3 Å². The second-order valence-corrected chi connectivity index (χ2v) is 7.10. The highest BCUT2D eigenvalue weighted by atomic mass is 79.9. The summed E-state index contributed by atoms with van der Waals surface area (Å²) in [6.07, 6.45) is 0. The summed E-state index contributed by atoms with van der Waals surface area (Å²) in [5.74, 6) is -1.98. The molecule has 27 heavy (non-hydrogen) atoms. The molecule has 9 heteroatoms. The number of nitrogens with zero attached hydrogens (tertiary/aromatic N) is 1. The van der Waals surface area contributed by atoms with E-state index < -0.39 is 18.5 Å². The average molecular weight is 451 g/mol. The second kappa shape index (κ2) is 8.28. The van der Waals surface area contributed by atoms with Gasteiger partial charge in [-0.3, -0.25) is 10.1 Å². The highest BCUT2D eigenvalue weighted by Crippen LogP contribution is 2.25. The second-order valence-electron chi connectivity index (χ2n) is 5.33. The van der Waals surface area contributed by atoms with Crippen molar-refractivity contribution in [2.45, 2.75) is 0 Å². The molecule has 1 heterocycles. The molecule has 3 rings (SSSR count). The predicted molar refractivity (Wildman–Crippen MR) is 102 cm³/mol. The topological polar surface area (TPSA) is 88.5 Å². The molecule has 0 aliphatic heterocycles. The minimum atomic E-state index is -0.824. The van der Waals surface area contributed by atoms with E-state index in [9.17, 15) is 19.1 Å². The van der Waals surface area contributed by atoms with E-state index in [1.807, 2.05) is 0 Å². The summed E-state index contributed by atoms with van der Waals surface area (Å²) in [6, 6.07) is 10.1. The first-order valence-corrected chi connectivity index (χ1v) is 9.26. The van der Waals surface area contributed by atoms with E-state index in [1.54, 1.807) is 23.6 Å². The van der Waals surface area contributed by atoms with E-state index in [4.69, 9.17) is 4.74 Å². The minimum absolute atomic E-state index is 0.0509. The van der Waals surface area contributed by atoms with Gasteiger partial charge in [0, 0.05) is 15.4 Å². The van der Waals surface area contributed by atoms with Gasteiger partial charge in [-0.2, -0.15) is 0 Å². The molecule has 1 amide bonds. The number of ether oxygens (including phenoxy) is 1. The van der Waals surface area contributed by atoms with Gasteiger partial charge in [0.05, 0.1) is 5.69 Å². The summed E-state index contributed by atoms with van der Waals surface area (Å²) in [6.45, 7) is -0.531. The Hall–Kier alpha value is -2.78. The summed E-state index contributed by atoms with van der Waals surface area (Å²) >= 11 is 4.38. The van der Waals surface area contributed by atoms with Crippen LogP contribution >= 0.6 is 27.3 Å². The van der Waals surface area contributed by atoms with E-state index in [0.717, 1.165) is 0 Å². The largest absolute Gasteiger partial charge is 0.507 e. The van der Waals surface area contributed by atoms with Crippen LogP contribution < -0.4 is 5.32 Å². The van der Waals surface area contributed by atoms with E-state index in [2.05, 4.69) is 26.2 Å². The van der Waals surface area contributed by atoms with Gasteiger partial charge in [0.2, 0.25) is 0 Å². The van der Waals surface area contributed by atoms with Crippen molar-refractivity contribution in [3.05, 3.63) is 63.7 Å². The van der Waals surface area contributed by atoms with Gasteiger partial charge < -0.3 is 9.84 Å². The van der Waals surface area contributed by atoms with Crippen molar-refractivity contribution in [3.8, 4) is 17.0 Å². The van der Waals surface area contributed by atoms with Crippen molar-refractivity contribution in [3.63, 3.8) is 0 Å². The fourth-order valence-electron chi connectivity index (χ4n) is 2.12. The number of thiazole rings is 1. The number of carbonyl (C=O) groups is 2. The molecule has 0 bridgehead atoms. The minimum Gasteiger partial charge on any atom is -0.507 e. The predicted octanol–water partition coefficient (Wildman–Crippen LogP) is 4.21. The number of benzene rings is 2. The highest BCUT2D eigenvalue weighted by Gasteiger charge is 2.16. The van der Waals surface area contributed by atoms with Crippen molar-refractivity contribution in [1.29, 1.82) is 0 Å². The van der Waals surface area contributed by atoms with E-state index in [-0.39, 0.29) is 17.1 Å². The highest BCUT2D eigenvalue weighted by molar-refractivity contribution is 9.10. The molecule has 2 N–H and O–H groups in total. The van der Waals surface area contributed by atoms with Gasteiger partial charge in [-0.1, -0.05) is 15.9 Å². The van der Waals surface area contributed by atoms with Gasteiger partial charge in [-0.25, -0.2) is 14.2 Å². The number of hydrogen-bond donors (Lipinski definition) is 2. The fraction of sp³-hybridized carbons (Fsp3) is 0.0556. The molecular weight excluding hydrogens is 439 g/mol. The zero-order valence-corrected chi connectivity index (χ0v) is 16.0. The van der Waals surface area contributed by atoms with Crippen LogP contribution in [0.5, 0.6) is 5.75 Å². The summed E-state index contributed by atoms with van der Waals surface area (Å²) in [7, 11) is 0. The Morgan fingerprint density at radius 2 is 1.96 bits per heavy atom. The number of aromatic nitrogens is 1. The Balaban J connectivity index is 1.57. The number of anilines is 1. The normalized spacial score (nSPS) is 10.4. The summed E-state index contributed by atoms with van der Waals surface area (Å²) < 4.78 is 18.5. The number of phenolic OH excluding ortho intramolecular Hbond substituents is 1. The van der Waals surface area contributed by atoms with Gasteiger partial charge in [0.1, 0.15) is 17.1 Å². The number of phenols is 1. The Kier molecular flexibility index (Phi) is 5.82. The van der Waals surface area contributed by atoms with Crippen LogP contribution in [0.25, 0.3) is 11.3 Å². The average Bonchev–Trinajstić information content (AvgIpc) is 3.10. The smallest absolute Gasteiger partial charge is 0.342 e. The SMILES string of the molecule is O=C(COC(=O)c1cc(Br)ccc1O)Nc1nc(-c2ccc(F)cc2)cs1. The number of nitrogens with one attached hydrogen (secondary N) is 1. The lowest BCUT2D eigenvalue weighted by molar-refractivity contribution is -0.119. The Morgan fingerprint density at radius 1 is 1.22 bits per heavy atom. The third-order valence-electron chi connectivity index (χ3n) is 3.40. The van der Waals surface area contributed by atoms with Crippen LogP contribution in [0.2, 0.25) is 0 Å². The number of aromatic hydroxyl groups is 1. The Morgan fingerprint density at radius 3 is 2.70 bits per heavy atom. The molecule has 0 atom stereocenters. The molecule has 0 saturated carbocycles. The zero-order valence-electron chi connectivity index (χ0n) is 13.6. The Bertz CT molecular complexity index is 991. The first-order valence-electron chi connectivity index (χ1n) is 7.59. The molecular formula is C18H12BrFN2O4S. The number of amides is 1. The van der Waals surface area contributed by atoms with Crippen LogP contribution in [0.3, 0.4) is 0 Å². The molecule has 0 aliphatic rings. The molecule has 0 unspecified atom stereocenters. The van der Waals surface area contributed by atoms with E-state index in [1.165, 1.54) is 35.6 Å². The third kappa shape index (κ3) is 4.89. The van der Waals surface area contributed by atoms with Gasteiger partial charge in [-0.15, -0.1) is 11.3 Å². The monoisotopic (exact) mass is 450 g/mol. The van der Waals surface area contributed by atoms with Crippen LogP contribution in [0.4, 0.5) is 9.52 Å². The summed E-state index contributed by atoms with van der Waals surface area (Å²) in [4.78, 5) is 28.2. The molecule has 6 nitrogen and oxygen atoms in total. The maximum absolute atomic E-state index is 13.0. The number of rotatable bonds is 5. The van der Waals surface area contributed by atoms with Gasteiger partial charge in [0.25, 0.3) is 5.91 Å². The number of hydrogen-bond acceptors (Lipinski definition) is 6. The van der Waals surface area contributed by atoms with Crippen molar-refractivity contribution in [2.24, 2.45) is 0 Å². The molecule has 0 saturated heterocycles. The quantitative estimate of drug-likeness (QED) is 0.568. The first kappa shape index (κ1) is 19.0. The molecule has 3 aromatic rings. The molecule has 0 aliphatic carbocycles. The van der Waals surface area contributed by atoms with Gasteiger partial charge >= 0.3 is 5.97 Å². The van der Waals surface area contributed by atoms with Crippen LogP contribution in [-0.4, -0.2) is 28.6 Å². The molecule has 0 fully saturated rings. The Labute approximate surface area is 165 Å². The number of halogens is 2. The van der Waals surface area contributed by atoms with E-state index >= 15 is 0 Å². The van der Waals surface area contributed by atoms with Crippen LogP contribution in [-0.2, 0) is 9.53 Å². The van der Waals surface area contributed by atoms with Crippen molar-refractivity contribution < 1.29 is 23.8 Å². The van der Waals surface area contributed by atoms with Crippen molar-refractivity contribution in [2.75, 3.05) is 11.9 Å². The lowest BCUT2D eigenvalue weighted by Crippen LogP contribution is -2.20. The number of esters is 1. The third-order valence-corrected chi connectivity index (χ3v) is 4.65. The maximum atomic E-state index is 13.0. The molecule has 0 radical (unpaired) electrons. The van der Waals surface area contributed by atoms with Crippen LogP contribution in [0, 0.1) is 5.82 Å². The lowest BCUT2D eigenvalue weighted by atomic mass is 10.2. The number of carbonyl (C=O) groups excluding carboxylic acids is 2. The van der Waals surface area contributed by atoms with Crippen molar-refractivity contribution in [1.82, 2.24) is 4.98 Å². The summed E-state index contributed by atoms with van der Waals surface area (Å²) in [5, 5.41) is 14.2. The summed E-state index contributed by atoms with van der Waals surface area (Å²) in [5.41, 5.74) is 1.25. The standard InChI is InChI=1S/C18H12BrFN2O4S/c19-11-3-6-15(23)13(7-11)17(25)26-8-16(24)22-18-21-14(9-27-18)10-1-4-12(20)5-2-10/h1-7,9,23H,8H2,(H,21,22,24). The van der Waals surface area contributed by atoms with Crippen molar-refractivity contribution >= 4 is 44.3 Å². The molecule has 0 spiro atoms. The fourth-order valence-corrected chi connectivity index (χ4v) is 3.22. The maximum Gasteiger partial charge on any atom is 0.342 e.